The van der Waals surface area contributed by atoms with Crippen LogP contribution in [0.15, 0.2) is 497 Å². The Hall–Kier alpha value is -17.5. The van der Waals surface area contributed by atoms with E-state index in [1.807, 2.05) is 0 Å². The monoisotopic (exact) mass is 1660 g/mol. The van der Waals surface area contributed by atoms with Crippen molar-refractivity contribution in [3.8, 4) is 66.8 Å². The van der Waals surface area contributed by atoms with Crippen LogP contribution in [0.1, 0.15) is 0 Å². The molecule has 4 heterocycles. The molecule has 0 saturated heterocycles. The fourth-order valence-corrected chi connectivity index (χ4v) is 20.5. The number of para-hydroxylation sites is 20. The van der Waals surface area contributed by atoms with Crippen LogP contribution in [0.4, 0.5) is 136 Å². The largest absolute Gasteiger partial charge is 0.306 e. The van der Waals surface area contributed by atoms with Crippen molar-refractivity contribution in [1.82, 2.24) is 0 Å². The summed E-state index contributed by atoms with van der Waals surface area (Å²) in [4.78, 5) is 19.2. The minimum atomic E-state index is 1.07. The van der Waals surface area contributed by atoms with Gasteiger partial charge in [-0.15, -0.1) is 0 Å². The van der Waals surface area contributed by atoms with E-state index in [0.29, 0.717) is 0 Å². The molecular weight excluding hydrogens is 1580 g/mol. The van der Waals surface area contributed by atoms with Crippen molar-refractivity contribution in [3.63, 3.8) is 0 Å². The molecule has 610 valence electrons. The first kappa shape index (κ1) is 75.1. The average Bonchev–Trinajstić information content (AvgIpc) is 0.736. The number of hydrogen-bond donors (Lipinski definition) is 0. The van der Waals surface area contributed by atoms with E-state index in [1.54, 1.807) is 0 Å². The minimum Gasteiger partial charge on any atom is -0.306 e. The summed E-state index contributed by atoms with van der Waals surface area (Å²) < 4.78 is 0. The van der Waals surface area contributed by atoms with Gasteiger partial charge in [-0.1, -0.05) is 267 Å². The summed E-state index contributed by atoms with van der Waals surface area (Å²) in [6.45, 7) is 0. The van der Waals surface area contributed by atoms with Crippen molar-refractivity contribution in [1.29, 1.82) is 0 Å². The van der Waals surface area contributed by atoms with Gasteiger partial charge in [-0.05, 0) is 319 Å². The molecule has 4 aliphatic heterocycles. The Kier molecular flexibility index (Phi) is 18.1. The molecule has 21 aromatic carbocycles. The lowest BCUT2D eigenvalue weighted by atomic mass is 9.83. The Morgan fingerprint density at radius 1 is 0.0923 bits per heavy atom. The summed E-state index contributed by atoms with van der Waals surface area (Å²) in [6, 6.07) is 183. The SMILES string of the molecule is c1ccc(N2c3ccccc3N(c3ccc(-c4cc(-c5ccc(N6c7ccccc7N(c7ccccc7)c7ccccc76)cc5)cc(-c5c6ccccc6c(-c6cc(-c7ccc(N8c9ccccc9N(c9ccccc9)c9ccccc98)cc7)cc(-c7ccc(N8c9ccccc9N(c9ccccc9)c9ccccc98)cc7)c6)c6ccccc56)c4)cc3)c3ccccc32)cc1. The summed E-state index contributed by atoms with van der Waals surface area (Å²) in [7, 11) is 0. The molecule has 130 heavy (non-hydrogen) atoms. The lowest BCUT2D eigenvalue weighted by Crippen LogP contribution is -2.23. The maximum Gasteiger partial charge on any atom is 0.0703 e. The summed E-state index contributed by atoms with van der Waals surface area (Å²) in [5, 5.41) is 4.63. The molecule has 0 radical (unpaired) electrons. The quantitative estimate of drug-likeness (QED) is 0.0994. The van der Waals surface area contributed by atoms with Crippen molar-refractivity contribution in [2.75, 3.05) is 39.2 Å². The Morgan fingerprint density at radius 2 is 0.215 bits per heavy atom. The Bertz CT molecular complexity index is 6830. The third-order valence-corrected chi connectivity index (χ3v) is 26.2. The predicted molar refractivity (Wildman–Crippen MR) is 546 cm³/mol. The number of nitrogens with zero attached hydrogens (tertiary/aromatic N) is 8. The fourth-order valence-electron chi connectivity index (χ4n) is 20.5. The summed E-state index contributed by atoms with van der Waals surface area (Å²) >= 11 is 0. The van der Waals surface area contributed by atoms with E-state index in [0.717, 1.165) is 214 Å². The molecule has 0 spiro atoms. The second kappa shape index (κ2) is 31.3. The van der Waals surface area contributed by atoms with E-state index in [2.05, 4.69) is 537 Å². The van der Waals surface area contributed by atoms with E-state index in [1.165, 1.54) is 11.1 Å². The van der Waals surface area contributed by atoms with Crippen LogP contribution in [-0.4, -0.2) is 0 Å². The normalized spacial score (nSPS) is 12.8. The number of benzene rings is 21. The molecule has 0 bridgehead atoms. The highest BCUT2D eigenvalue weighted by Crippen LogP contribution is 2.60. The van der Waals surface area contributed by atoms with Crippen LogP contribution in [0.2, 0.25) is 0 Å². The Balaban J connectivity index is 0.649. The molecular formula is C122H82N8. The first-order valence-corrected chi connectivity index (χ1v) is 44.5. The molecule has 0 aromatic heterocycles. The molecule has 4 aliphatic rings. The second-order valence-corrected chi connectivity index (χ2v) is 33.6. The smallest absolute Gasteiger partial charge is 0.0703 e. The highest BCUT2D eigenvalue weighted by atomic mass is 15.3. The van der Waals surface area contributed by atoms with Gasteiger partial charge in [-0.25, -0.2) is 0 Å². The lowest BCUT2D eigenvalue weighted by molar-refractivity contribution is 1.17. The Morgan fingerprint density at radius 3 is 0.369 bits per heavy atom. The van der Waals surface area contributed by atoms with E-state index < -0.39 is 0 Å². The zero-order chi connectivity index (χ0) is 85.7. The van der Waals surface area contributed by atoms with Crippen molar-refractivity contribution in [3.05, 3.63) is 497 Å². The van der Waals surface area contributed by atoms with Crippen LogP contribution < -0.4 is 39.2 Å². The highest BCUT2D eigenvalue weighted by Gasteiger charge is 2.36. The molecule has 0 fully saturated rings. The highest BCUT2D eigenvalue weighted by molar-refractivity contribution is 6.22. The second-order valence-electron chi connectivity index (χ2n) is 33.6. The lowest BCUT2D eigenvalue weighted by Gasteiger charge is -2.40. The van der Waals surface area contributed by atoms with E-state index >= 15 is 0 Å². The third-order valence-electron chi connectivity index (χ3n) is 26.2. The van der Waals surface area contributed by atoms with E-state index in [9.17, 15) is 0 Å². The maximum absolute atomic E-state index is 2.44. The summed E-state index contributed by atoms with van der Waals surface area (Å²) in [5.74, 6) is 0. The van der Waals surface area contributed by atoms with Crippen molar-refractivity contribution < 1.29 is 0 Å². The molecule has 0 N–H and O–H groups in total. The van der Waals surface area contributed by atoms with E-state index in [4.69, 9.17) is 0 Å². The van der Waals surface area contributed by atoms with Gasteiger partial charge in [-0.3, -0.25) is 0 Å². The number of anilines is 24. The number of rotatable bonds is 14. The first-order chi connectivity index (χ1) is 64.5. The van der Waals surface area contributed by atoms with E-state index in [-0.39, 0.29) is 0 Å². The van der Waals surface area contributed by atoms with Gasteiger partial charge in [0.2, 0.25) is 0 Å². The first-order valence-electron chi connectivity index (χ1n) is 44.5. The average molecular weight is 1660 g/mol. The van der Waals surface area contributed by atoms with Gasteiger partial charge in [0.25, 0.3) is 0 Å². The molecule has 8 heteroatoms. The van der Waals surface area contributed by atoms with Crippen LogP contribution >= 0.6 is 0 Å². The molecule has 0 amide bonds. The maximum atomic E-state index is 2.44. The van der Waals surface area contributed by atoms with Crippen molar-refractivity contribution in [2.24, 2.45) is 0 Å². The zero-order valence-electron chi connectivity index (χ0n) is 70.9. The topological polar surface area (TPSA) is 25.9 Å². The van der Waals surface area contributed by atoms with Gasteiger partial charge >= 0.3 is 0 Å². The van der Waals surface area contributed by atoms with Crippen LogP contribution in [0.25, 0.3) is 88.3 Å². The van der Waals surface area contributed by atoms with Gasteiger partial charge in [-0.2, -0.15) is 0 Å². The number of fused-ring (bicyclic) bond motifs is 10. The third kappa shape index (κ3) is 12.6. The van der Waals surface area contributed by atoms with Gasteiger partial charge in [0, 0.05) is 45.5 Å². The van der Waals surface area contributed by atoms with Gasteiger partial charge in [0.1, 0.15) is 0 Å². The molecule has 0 atom stereocenters. The summed E-state index contributed by atoms with van der Waals surface area (Å²) in [5.41, 5.74) is 39.9. The minimum absolute atomic E-state index is 1.07. The Labute approximate surface area is 756 Å². The van der Waals surface area contributed by atoms with Gasteiger partial charge in [0.05, 0.1) is 91.0 Å². The predicted octanol–water partition coefficient (Wildman–Crippen LogP) is 35.0. The van der Waals surface area contributed by atoms with Crippen molar-refractivity contribution in [2.45, 2.75) is 0 Å². The van der Waals surface area contributed by atoms with Crippen LogP contribution in [0, 0.1) is 0 Å². The molecule has 0 aliphatic carbocycles. The number of hydrogen-bond acceptors (Lipinski definition) is 8. The van der Waals surface area contributed by atoms with Gasteiger partial charge in [0.15, 0.2) is 0 Å². The van der Waals surface area contributed by atoms with Gasteiger partial charge < -0.3 is 39.2 Å². The van der Waals surface area contributed by atoms with Crippen molar-refractivity contribution >= 4 is 158 Å². The molecule has 25 rings (SSSR count). The summed E-state index contributed by atoms with van der Waals surface area (Å²) in [6.07, 6.45) is 0. The molecule has 0 saturated carbocycles. The molecule has 0 unspecified atom stereocenters. The van der Waals surface area contributed by atoms with Crippen LogP contribution in [0.3, 0.4) is 0 Å². The molecule has 21 aromatic rings. The fraction of sp³-hybridized carbons (Fsp3) is 0. The zero-order valence-corrected chi connectivity index (χ0v) is 70.9. The molecule has 8 nitrogen and oxygen atoms in total. The van der Waals surface area contributed by atoms with Crippen LogP contribution in [0.5, 0.6) is 0 Å². The van der Waals surface area contributed by atoms with Crippen LogP contribution in [-0.2, 0) is 0 Å². The standard InChI is InChI=1S/C122H82N8/c1-5-33-93(34-6-1)123-105-45-17-25-53-113(105)127(114-54-26-18-46-106(114)123)97-69-61-83(62-70-97)87-77-88(84-63-71-98(72-64-84)128-115-55-27-19-47-107(115)124(94-35-7-2-8-36-94)108-48-20-28-56-116(108)128)80-91(79-87)121-101-41-13-15-43-103(101)122(104-44-16-14-42-102(104)121)92-81-89(85-65-73-99(74-66-85)129-117-57-29-21-49-109(117)125(95-37-9-3-10-38-95)110-50-22-30-58-118(110)129)78-90(82-92)86-67-75-100(76-68-86)130-119-59-31-23-51-111(119)126(96-39-11-4-12-40-96)112-52-24-32-60-120(112)130/h1-82H.